The normalized spacial score (nSPS) is 11.0. The van der Waals surface area contributed by atoms with Crippen LogP contribution in [-0.2, 0) is 19.7 Å². The average Bonchev–Trinajstić information content (AvgIpc) is 2.75. The van der Waals surface area contributed by atoms with E-state index < -0.39 is 0 Å². The molecule has 4 aromatic carbocycles. The number of rotatable bonds is 7. The lowest BCUT2D eigenvalue weighted by Gasteiger charge is -2.14. The van der Waals surface area contributed by atoms with Gasteiger partial charge in [0, 0.05) is 10.6 Å². The first-order valence-electron chi connectivity index (χ1n) is 9.94. The lowest BCUT2D eigenvalue weighted by atomic mass is 10.0. The van der Waals surface area contributed by atoms with Gasteiger partial charge in [-0.25, -0.2) is 0 Å². The van der Waals surface area contributed by atoms with Crippen molar-refractivity contribution in [3.8, 4) is 5.75 Å². The van der Waals surface area contributed by atoms with E-state index in [-0.39, 0.29) is 0 Å². The maximum atomic E-state index is 6.23. The van der Waals surface area contributed by atoms with Gasteiger partial charge in [0.15, 0.2) is 0 Å². The number of nitrogens with two attached hydrogens (primary N) is 1. The quantitative estimate of drug-likeness (QED) is 0.425. The molecule has 29 heavy (non-hydrogen) atoms. The summed E-state index contributed by atoms with van der Waals surface area (Å²) in [6.45, 7) is 4.46. The Bertz CT molecular complexity index is 1090. The highest BCUT2D eigenvalue weighted by molar-refractivity contribution is 6.30. The minimum absolute atomic E-state index is 0.528. The lowest BCUT2D eigenvalue weighted by Crippen LogP contribution is -2.80. The van der Waals surface area contributed by atoms with Gasteiger partial charge in [-0.2, -0.15) is 0 Å². The van der Waals surface area contributed by atoms with Crippen LogP contribution < -0.4 is 10.1 Å². The molecule has 0 fully saturated rings. The number of hydrogen-bond acceptors (Lipinski definition) is 1. The van der Waals surface area contributed by atoms with Crippen molar-refractivity contribution in [1.29, 1.82) is 0 Å². The third-order valence-corrected chi connectivity index (χ3v) is 5.41. The summed E-state index contributed by atoms with van der Waals surface area (Å²) in [6.07, 6.45) is 0. The van der Waals surface area contributed by atoms with Crippen LogP contribution in [0, 0.1) is 6.92 Å². The number of aryl methyl sites for hydroxylation is 1. The first-order chi connectivity index (χ1) is 14.2. The summed E-state index contributed by atoms with van der Waals surface area (Å²) in [5.74, 6) is 0.943. The van der Waals surface area contributed by atoms with Gasteiger partial charge < -0.3 is 10.1 Å². The molecule has 2 nitrogen and oxygen atoms in total. The Morgan fingerprint density at radius 1 is 0.759 bits per heavy atom. The van der Waals surface area contributed by atoms with Crippen LogP contribution >= 0.6 is 11.6 Å². The summed E-state index contributed by atoms with van der Waals surface area (Å²) < 4.78 is 6.23. The van der Waals surface area contributed by atoms with Crippen molar-refractivity contribution in [3.05, 3.63) is 112 Å². The molecule has 2 N–H and O–H groups in total. The summed E-state index contributed by atoms with van der Waals surface area (Å²) >= 11 is 5.99. The molecule has 4 rings (SSSR count). The highest BCUT2D eigenvalue weighted by atomic mass is 35.5. The third-order valence-electron chi connectivity index (χ3n) is 5.15. The average molecular weight is 403 g/mol. The van der Waals surface area contributed by atoms with Gasteiger partial charge in [0.2, 0.25) is 0 Å². The smallest absolute Gasteiger partial charge is 0.129 e. The second-order valence-electron chi connectivity index (χ2n) is 7.36. The minimum atomic E-state index is 0.528. The Kier molecular flexibility index (Phi) is 6.14. The first kappa shape index (κ1) is 19.5. The van der Waals surface area contributed by atoms with Crippen molar-refractivity contribution < 1.29 is 10.1 Å². The van der Waals surface area contributed by atoms with Crippen molar-refractivity contribution in [2.75, 3.05) is 0 Å². The fraction of sp³-hybridized carbons (Fsp3) is 0.154. The van der Waals surface area contributed by atoms with Crippen molar-refractivity contribution in [1.82, 2.24) is 0 Å². The van der Waals surface area contributed by atoms with Gasteiger partial charge in [0.25, 0.3) is 0 Å². The molecular formula is C26H25ClNO+. The zero-order valence-corrected chi connectivity index (χ0v) is 17.3. The first-order valence-corrected chi connectivity index (χ1v) is 10.3. The Hall–Kier alpha value is -2.81. The number of hydrogen-bond donors (Lipinski definition) is 1. The van der Waals surface area contributed by atoms with Gasteiger partial charge in [-0.1, -0.05) is 83.9 Å². The van der Waals surface area contributed by atoms with Crippen LogP contribution in [0.15, 0.2) is 84.9 Å². The molecular weight excluding hydrogens is 378 g/mol. The molecule has 3 heteroatoms. The summed E-state index contributed by atoms with van der Waals surface area (Å²) in [5, 5.41) is 5.57. The Labute approximate surface area is 177 Å². The van der Waals surface area contributed by atoms with E-state index in [1.54, 1.807) is 0 Å². The molecule has 0 spiro atoms. The van der Waals surface area contributed by atoms with Crippen LogP contribution in [0.5, 0.6) is 5.75 Å². The molecule has 0 atom stereocenters. The maximum absolute atomic E-state index is 6.23. The predicted molar refractivity (Wildman–Crippen MR) is 120 cm³/mol. The van der Waals surface area contributed by atoms with Crippen molar-refractivity contribution in [2.45, 2.75) is 26.6 Å². The van der Waals surface area contributed by atoms with Gasteiger partial charge in [-0.05, 0) is 41.5 Å². The fourth-order valence-corrected chi connectivity index (χ4v) is 3.64. The summed E-state index contributed by atoms with van der Waals surface area (Å²) in [4.78, 5) is 0. The summed E-state index contributed by atoms with van der Waals surface area (Å²) in [6, 6.07) is 29.3. The second-order valence-corrected chi connectivity index (χ2v) is 7.80. The van der Waals surface area contributed by atoms with Gasteiger partial charge in [0.05, 0.1) is 5.56 Å². The van der Waals surface area contributed by atoms with E-state index in [4.69, 9.17) is 16.3 Å². The summed E-state index contributed by atoms with van der Waals surface area (Å²) in [5.41, 5.74) is 4.97. The SMILES string of the molecule is Cc1ccc(C[NH2+]Cc2c(OCc3ccc(Cl)cc3)ccc3ccccc23)cc1. The predicted octanol–water partition coefficient (Wildman–Crippen LogP) is 5.64. The van der Waals surface area contributed by atoms with Gasteiger partial charge in [0.1, 0.15) is 25.4 Å². The van der Waals surface area contributed by atoms with Crippen LogP contribution in [0.4, 0.5) is 0 Å². The number of benzene rings is 4. The monoisotopic (exact) mass is 402 g/mol. The molecule has 146 valence electrons. The highest BCUT2D eigenvalue weighted by Gasteiger charge is 2.11. The van der Waals surface area contributed by atoms with Gasteiger partial charge in [-0.15, -0.1) is 0 Å². The zero-order valence-electron chi connectivity index (χ0n) is 16.6. The van der Waals surface area contributed by atoms with Crippen LogP contribution in [0.3, 0.4) is 0 Å². The number of fused-ring (bicyclic) bond motifs is 1. The molecule has 0 aliphatic heterocycles. The molecule has 0 saturated carbocycles. The van der Waals surface area contributed by atoms with Gasteiger partial charge in [-0.3, -0.25) is 0 Å². The van der Waals surface area contributed by atoms with Gasteiger partial charge >= 0.3 is 0 Å². The molecule has 0 aliphatic carbocycles. The molecule has 0 aromatic heterocycles. The molecule has 0 radical (unpaired) electrons. The Morgan fingerprint density at radius 2 is 1.48 bits per heavy atom. The molecule has 0 unspecified atom stereocenters. The highest BCUT2D eigenvalue weighted by Crippen LogP contribution is 2.28. The van der Waals surface area contributed by atoms with E-state index in [0.717, 1.165) is 29.4 Å². The standard InChI is InChI=1S/C26H24ClNO/c1-19-6-8-20(9-7-19)16-28-17-25-24-5-3-2-4-22(24)12-15-26(25)29-18-21-10-13-23(27)14-11-21/h2-15,28H,16-18H2,1H3/p+1. The lowest BCUT2D eigenvalue weighted by molar-refractivity contribution is -0.686. The van der Waals surface area contributed by atoms with Crippen LogP contribution in [-0.4, -0.2) is 0 Å². The third kappa shape index (κ3) is 4.97. The topological polar surface area (TPSA) is 25.8 Å². The number of halogens is 1. The molecule has 4 aromatic rings. The van der Waals surface area contributed by atoms with Crippen molar-refractivity contribution >= 4 is 22.4 Å². The van der Waals surface area contributed by atoms with Crippen LogP contribution in [0.1, 0.15) is 22.3 Å². The van der Waals surface area contributed by atoms with E-state index in [1.165, 1.54) is 27.5 Å². The van der Waals surface area contributed by atoms with E-state index in [2.05, 4.69) is 72.9 Å². The van der Waals surface area contributed by atoms with E-state index in [0.29, 0.717) is 6.61 Å². The van der Waals surface area contributed by atoms with Crippen molar-refractivity contribution in [3.63, 3.8) is 0 Å². The Morgan fingerprint density at radius 3 is 2.28 bits per heavy atom. The summed E-state index contributed by atoms with van der Waals surface area (Å²) in [7, 11) is 0. The number of quaternary nitrogens is 1. The van der Waals surface area contributed by atoms with E-state index in [1.807, 2.05) is 24.3 Å². The molecule has 0 heterocycles. The van der Waals surface area contributed by atoms with Crippen molar-refractivity contribution in [2.24, 2.45) is 0 Å². The van der Waals surface area contributed by atoms with E-state index >= 15 is 0 Å². The molecule has 0 aliphatic rings. The largest absolute Gasteiger partial charge is 0.488 e. The zero-order chi connectivity index (χ0) is 20.1. The second kappa shape index (κ2) is 9.13. The minimum Gasteiger partial charge on any atom is -0.488 e. The van der Waals surface area contributed by atoms with Crippen LogP contribution in [0.2, 0.25) is 5.02 Å². The number of ether oxygens (including phenoxy) is 1. The Balaban J connectivity index is 1.53. The molecule has 0 saturated heterocycles. The maximum Gasteiger partial charge on any atom is 0.129 e. The fourth-order valence-electron chi connectivity index (χ4n) is 3.51. The molecule has 0 bridgehead atoms. The molecule has 0 amide bonds. The van der Waals surface area contributed by atoms with E-state index in [9.17, 15) is 0 Å². The van der Waals surface area contributed by atoms with Crippen LogP contribution in [0.25, 0.3) is 10.8 Å².